The average Bonchev–Trinajstić information content (AvgIpc) is 2.18. The van der Waals surface area contributed by atoms with E-state index in [9.17, 15) is 4.39 Å². The first-order valence-corrected chi connectivity index (χ1v) is 3.76. The fraction of sp³-hybridized carbons (Fsp3) is 0. The van der Waals surface area contributed by atoms with Gasteiger partial charge in [-0.05, 0) is 12.1 Å². The van der Waals surface area contributed by atoms with E-state index >= 15 is 0 Å². The molecule has 0 unspecified atom stereocenters. The lowest BCUT2D eigenvalue weighted by Crippen LogP contribution is -1.86. The zero-order valence-corrected chi connectivity index (χ0v) is 6.66. The lowest BCUT2D eigenvalue weighted by atomic mass is 10.1. The smallest absolute Gasteiger partial charge is 0.148 e. The van der Waals surface area contributed by atoms with Gasteiger partial charge >= 0.3 is 0 Å². The van der Waals surface area contributed by atoms with Gasteiger partial charge in [0.05, 0.1) is 0 Å². The molecule has 0 amide bonds. The van der Waals surface area contributed by atoms with E-state index in [1.54, 1.807) is 18.2 Å². The highest BCUT2D eigenvalue weighted by Crippen LogP contribution is 2.18. The maximum absolute atomic E-state index is 13.2. The van der Waals surface area contributed by atoms with Crippen LogP contribution in [-0.4, -0.2) is 4.98 Å². The first-order valence-electron chi connectivity index (χ1n) is 3.76. The van der Waals surface area contributed by atoms with Gasteiger partial charge in [-0.2, -0.15) is 5.26 Å². The molecule has 2 aromatic rings. The van der Waals surface area contributed by atoms with E-state index in [-0.39, 0.29) is 11.5 Å². The summed E-state index contributed by atoms with van der Waals surface area (Å²) in [6.45, 7) is 0. The van der Waals surface area contributed by atoms with E-state index in [2.05, 4.69) is 4.98 Å². The van der Waals surface area contributed by atoms with Gasteiger partial charge in [0.2, 0.25) is 0 Å². The molecular formula is C10H5FN2. The van der Waals surface area contributed by atoms with Gasteiger partial charge < -0.3 is 0 Å². The molecule has 13 heavy (non-hydrogen) atoms. The highest BCUT2D eigenvalue weighted by Gasteiger charge is 2.03. The van der Waals surface area contributed by atoms with E-state index < -0.39 is 0 Å². The number of rotatable bonds is 0. The van der Waals surface area contributed by atoms with Crippen molar-refractivity contribution in [1.82, 2.24) is 4.98 Å². The SMILES string of the molecule is N#Cc1nccc2c(F)cccc12. The lowest BCUT2D eigenvalue weighted by Gasteiger charge is -1.98. The van der Waals surface area contributed by atoms with Crippen molar-refractivity contribution in [3.63, 3.8) is 0 Å². The van der Waals surface area contributed by atoms with Crippen molar-refractivity contribution in [2.45, 2.75) is 0 Å². The molecule has 0 aliphatic rings. The summed E-state index contributed by atoms with van der Waals surface area (Å²) in [4.78, 5) is 3.84. The van der Waals surface area contributed by atoms with Crippen LogP contribution in [0.3, 0.4) is 0 Å². The van der Waals surface area contributed by atoms with Crippen molar-refractivity contribution in [1.29, 1.82) is 5.26 Å². The molecule has 0 saturated carbocycles. The van der Waals surface area contributed by atoms with Crippen LogP contribution in [0.25, 0.3) is 10.8 Å². The molecule has 1 aromatic carbocycles. The zero-order valence-electron chi connectivity index (χ0n) is 6.66. The van der Waals surface area contributed by atoms with Crippen molar-refractivity contribution in [3.8, 4) is 6.07 Å². The third-order valence-electron chi connectivity index (χ3n) is 1.86. The Morgan fingerprint density at radius 3 is 2.85 bits per heavy atom. The summed E-state index contributed by atoms with van der Waals surface area (Å²) >= 11 is 0. The van der Waals surface area contributed by atoms with Crippen LogP contribution in [0.15, 0.2) is 30.5 Å². The number of halogens is 1. The fourth-order valence-corrected chi connectivity index (χ4v) is 1.26. The van der Waals surface area contributed by atoms with Crippen molar-refractivity contribution >= 4 is 10.8 Å². The second-order valence-corrected chi connectivity index (χ2v) is 2.61. The fourth-order valence-electron chi connectivity index (χ4n) is 1.26. The van der Waals surface area contributed by atoms with Crippen LogP contribution in [0, 0.1) is 17.1 Å². The van der Waals surface area contributed by atoms with Gasteiger partial charge in [0.15, 0.2) is 0 Å². The number of nitrogens with zero attached hydrogens (tertiary/aromatic N) is 2. The minimum atomic E-state index is -0.323. The minimum absolute atomic E-state index is 0.261. The molecule has 3 heteroatoms. The Labute approximate surface area is 74.3 Å². The molecule has 0 aliphatic heterocycles. The quantitative estimate of drug-likeness (QED) is 0.611. The van der Waals surface area contributed by atoms with Gasteiger partial charge in [-0.1, -0.05) is 12.1 Å². The van der Waals surface area contributed by atoms with Gasteiger partial charge in [-0.15, -0.1) is 0 Å². The second-order valence-electron chi connectivity index (χ2n) is 2.61. The van der Waals surface area contributed by atoms with Gasteiger partial charge in [-0.25, -0.2) is 9.37 Å². The number of hydrogen-bond acceptors (Lipinski definition) is 2. The Balaban J connectivity index is 2.94. The summed E-state index contributed by atoms with van der Waals surface area (Å²) in [5, 5.41) is 9.69. The summed E-state index contributed by atoms with van der Waals surface area (Å²) in [7, 11) is 0. The molecule has 0 fully saturated rings. The van der Waals surface area contributed by atoms with Crippen LogP contribution >= 0.6 is 0 Å². The summed E-state index contributed by atoms with van der Waals surface area (Å²) in [6.07, 6.45) is 1.43. The number of hydrogen-bond donors (Lipinski definition) is 0. The van der Waals surface area contributed by atoms with E-state index in [1.165, 1.54) is 12.3 Å². The summed E-state index contributed by atoms with van der Waals surface area (Å²) < 4.78 is 13.2. The standard InChI is InChI=1S/C10H5FN2/c11-9-3-1-2-8-7(9)4-5-13-10(8)6-12/h1-5H. The first kappa shape index (κ1) is 7.69. The van der Waals surface area contributed by atoms with Gasteiger partial charge in [0, 0.05) is 17.0 Å². The average molecular weight is 172 g/mol. The normalized spacial score (nSPS) is 9.85. The van der Waals surface area contributed by atoms with E-state index in [4.69, 9.17) is 5.26 Å². The summed E-state index contributed by atoms with van der Waals surface area (Å²) in [5.41, 5.74) is 0.261. The van der Waals surface area contributed by atoms with E-state index in [0.717, 1.165) is 0 Å². The van der Waals surface area contributed by atoms with Crippen LogP contribution in [0.5, 0.6) is 0 Å². The van der Waals surface area contributed by atoms with E-state index in [1.807, 2.05) is 6.07 Å². The van der Waals surface area contributed by atoms with Crippen LogP contribution in [0.1, 0.15) is 5.69 Å². The molecule has 1 heterocycles. The molecule has 62 valence electrons. The predicted molar refractivity (Wildman–Crippen MR) is 46.4 cm³/mol. The Morgan fingerprint density at radius 2 is 2.08 bits per heavy atom. The molecule has 2 nitrogen and oxygen atoms in total. The zero-order chi connectivity index (χ0) is 9.26. The molecular weight excluding hydrogens is 167 g/mol. The van der Waals surface area contributed by atoms with E-state index in [0.29, 0.717) is 10.8 Å². The van der Waals surface area contributed by atoms with Crippen LogP contribution in [0.2, 0.25) is 0 Å². The maximum atomic E-state index is 13.2. The number of nitriles is 1. The van der Waals surface area contributed by atoms with Crippen molar-refractivity contribution in [3.05, 3.63) is 42.0 Å². The topological polar surface area (TPSA) is 36.7 Å². The molecule has 0 aliphatic carbocycles. The Hall–Kier alpha value is -1.95. The maximum Gasteiger partial charge on any atom is 0.148 e. The number of aromatic nitrogens is 1. The minimum Gasteiger partial charge on any atom is -0.245 e. The van der Waals surface area contributed by atoms with Gasteiger partial charge in [0.1, 0.15) is 17.6 Å². The number of fused-ring (bicyclic) bond motifs is 1. The molecule has 0 radical (unpaired) electrons. The highest BCUT2D eigenvalue weighted by atomic mass is 19.1. The highest BCUT2D eigenvalue weighted by molar-refractivity contribution is 5.86. The number of benzene rings is 1. The molecule has 2 rings (SSSR count). The third kappa shape index (κ3) is 1.13. The van der Waals surface area contributed by atoms with Gasteiger partial charge in [0.25, 0.3) is 0 Å². The van der Waals surface area contributed by atoms with Crippen LogP contribution in [0.4, 0.5) is 4.39 Å². The molecule has 0 atom stereocenters. The first-order chi connectivity index (χ1) is 6.33. The van der Waals surface area contributed by atoms with Crippen molar-refractivity contribution < 1.29 is 4.39 Å². The Kier molecular flexibility index (Phi) is 1.67. The molecule has 0 saturated heterocycles. The summed E-state index contributed by atoms with van der Waals surface area (Å²) in [5.74, 6) is -0.323. The predicted octanol–water partition coefficient (Wildman–Crippen LogP) is 2.25. The third-order valence-corrected chi connectivity index (χ3v) is 1.86. The van der Waals surface area contributed by atoms with Crippen molar-refractivity contribution in [2.24, 2.45) is 0 Å². The second kappa shape index (κ2) is 2.83. The molecule has 0 bridgehead atoms. The molecule has 0 N–H and O–H groups in total. The summed E-state index contributed by atoms with van der Waals surface area (Å²) in [6, 6.07) is 8.10. The largest absolute Gasteiger partial charge is 0.245 e. The van der Waals surface area contributed by atoms with Crippen LogP contribution < -0.4 is 0 Å². The van der Waals surface area contributed by atoms with Crippen molar-refractivity contribution in [2.75, 3.05) is 0 Å². The molecule has 0 spiro atoms. The number of pyridine rings is 1. The Morgan fingerprint density at radius 1 is 1.23 bits per heavy atom. The van der Waals surface area contributed by atoms with Crippen LogP contribution in [-0.2, 0) is 0 Å². The molecule has 1 aromatic heterocycles. The van der Waals surface area contributed by atoms with Gasteiger partial charge in [-0.3, -0.25) is 0 Å². The monoisotopic (exact) mass is 172 g/mol. The lowest BCUT2D eigenvalue weighted by molar-refractivity contribution is 0.639. The Bertz CT molecular complexity index is 500.